The van der Waals surface area contributed by atoms with E-state index in [9.17, 15) is 4.79 Å². The Kier molecular flexibility index (Phi) is 4.65. The number of hydrogen-bond donors (Lipinski definition) is 0. The Bertz CT molecular complexity index is 722. The van der Waals surface area contributed by atoms with E-state index in [1.807, 2.05) is 12.1 Å². The van der Waals surface area contributed by atoms with Crippen molar-refractivity contribution in [3.05, 3.63) is 35.1 Å². The summed E-state index contributed by atoms with van der Waals surface area (Å²) in [5.74, 6) is 0.925. The number of aromatic nitrogens is 3. The topological polar surface area (TPSA) is 68.2 Å². The lowest BCUT2D eigenvalue weighted by molar-refractivity contribution is 0.0361. The summed E-state index contributed by atoms with van der Waals surface area (Å²) in [7, 11) is 0. The molecule has 7 heteroatoms. The van der Waals surface area contributed by atoms with Crippen LogP contribution in [0.25, 0.3) is 0 Å². The third kappa shape index (κ3) is 3.25. The van der Waals surface area contributed by atoms with Gasteiger partial charge in [-0.2, -0.15) is 0 Å². The standard InChI is InChI=1S/C18H22N4O2S/c1-2-4-16-17(25-21-20-16)18(23)22-12-6-7-13(22)10-15(9-12)24-14-5-3-8-19-11-14/h3,5,8,11-13,15H,2,4,6-7,9-10H2,1H3. The summed E-state index contributed by atoms with van der Waals surface area (Å²) >= 11 is 1.23. The number of carbonyl (C=O) groups is 1. The van der Waals surface area contributed by atoms with E-state index in [0.29, 0.717) is 0 Å². The Morgan fingerprint density at radius 3 is 2.84 bits per heavy atom. The number of rotatable bonds is 5. The van der Waals surface area contributed by atoms with Gasteiger partial charge in [-0.3, -0.25) is 9.78 Å². The molecular weight excluding hydrogens is 336 g/mol. The van der Waals surface area contributed by atoms with Crippen molar-refractivity contribution in [3.8, 4) is 5.75 Å². The van der Waals surface area contributed by atoms with Crippen LogP contribution in [-0.2, 0) is 6.42 Å². The van der Waals surface area contributed by atoms with E-state index in [1.54, 1.807) is 12.4 Å². The normalized spacial score (nSPS) is 25.2. The van der Waals surface area contributed by atoms with Gasteiger partial charge in [0, 0.05) is 31.1 Å². The predicted octanol–water partition coefficient (Wildman–Crippen LogP) is 3.10. The summed E-state index contributed by atoms with van der Waals surface area (Å²) in [4.78, 5) is 20.0. The highest BCUT2D eigenvalue weighted by Crippen LogP contribution is 2.38. The molecule has 2 aromatic heterocycles. The third-order valence-corrected chi connectivity index (χ3v) is 5.85. The molecule has 1 amide bonds. The molecule has 25 heavy (non-hydrogen) atoms. The SMILES string of the molecule is CCCc1nnsc1C(=O)N1C2CCC1CC(Oc1cccnc1)C2. The zero-order valence-electron chi connectivity index (χ0n) is 14.3. The van der Waals surface area contributed by atoms with Gasteiger partial charge in [0.2, 0.25) is 0 Å². The number of carbonyl (C=O) groups excluding carboxylic acids is 1. The van der Waals surface area contributed by atoms with Crippen LogP contribution in [0.1, 0.15) is 54.4 Å². The largest absolute Gasteiger partial charge is 0.489 e. The number of hydrogen-bond acceptors (Lipinski definition) is 6. The van der Waals surface area contributed by atoms with Crippen molar-refractivity contribution in [1.29, 1.82) is 0 Å². The summed E-state index contributed by atoms with van der Waals surface area (Å²) in [6.07, 6.45) is 9.30. The van der Waals surface area contributed by atoms with Gasteiger partial charge in [-0.15, -0.1) is 5.10 Å². The smallest absolute Gasteiger partial charge is 0.268 e. The van der Waals surface area contributed by atoms with Crippen LogP contribution in [0.5, 0.6) is 5.75 Å². The Morgan fingerprint density at radius 1 is 1.36 bits per heavy atom. The van der Waals surface area contributed by atoms with Gasteiger partial charge in [-0.05, 0) is 42.9 Å². The molecule has 132 valence electrons. The summed E-state index contributed by atoms with van der Waals surface area (Å²) < 4.78 is 10.1. The first-order valence-corrected chi connectivity index (χ1v) is 9.74. The van der Waals surface area contributed by atoms with Crippen molar-refractivity contribution in [1.82, 2.24) is 19.5 Å². The second-order valence-electron chi connectivity index (χ2n) is 6.80. The fourth-order valence-corrected chi connectivity index (χ4v) is 4.71. The Hall–Kier alpha value is -2.02. The van der Waals surface area contributed by atoms with Crippen LogP contribution in [-0.4, -0.2) is 43.6 Å². The van der Waals surface area contributed by atoms with Crippen LogP contribution in [0, 0.1) is 0 Å². The number of aryl methyl sites for hydroxylation is 1. The summed E-state index contributed by atoms with van der Waals surface area (Å²) in [6.45, 7) is 2.10. The van der Waals surface area contributed by atoms with Gasteiger partial charge in [-0.1, -0.05) is 17.8 Å². The van der Waals surface area contributed by atoms with Crippen molar-refractivity contribution in [3.63, 3.8) is 0 Å². The van der Waals surface area contributed by atoms with Gasteiger partial charge in [0.25, 0.3) is 5.91 Å². The number of ether oxygens (including phenoxy) is 1. The van der Waals surface area contributed by atoms with E-state index >= 15 is 0 Å². The van der Waals surface area contributed by atoms with E-state index in [4.69, 9.17) is 4.74 Å². The fraction of sp³-hybridized carbons (Fsp3) is 0.556. The summed E-state index contributed by atoms with van der Waals surface area (Å²) in [5, 5.41) is 4.15. The lowest BCUT2D eigenvalue weighted by atomic mass is 9.99. The Balaban J connectivity index is 1.47. The molecule has 6 nitrogen and oxygen atoms in total. The first-order chi connectivity index (χ1) is 12.3. The lowest BCUT2D eigenvalue weighted by Gasteiger charge is -2.38. The molecule has 0 N–H and O–H groups in total. The molecular formula is C18H22N4O2S. The molecule has 0 saturated carbocycles. The van der Waals surface area contributed by atoms with Crippen molar-refractivity contribution in [2.75, 3.05) is 0 Å². The van der Waals surface area contributed by atoms with Crippen molar-refractivity contribution < 1.29 is 9.53 Å². The van der Waals surface area contributed by atoms with Crippen LogP contribution < -0.4 is 4.74 Å². The van der Waals surface area contributed by atoms with Crippen LogP contribution in [0.2, 0.25) is 0 Å². The van der Waals surface area contributed by atoms with Crippen molar-refractivity contribution in [2.24, 2.45) is 0 Å². The zero-order valence-corrected chi connectivity index (χ0v) is 15.1. The van der Waals surface area contributed by atoms with Gasteiger partial charge in [0.1, 0.15) is 16.7 Å². The Morgan fingerprint density at radius 2 is 2.16 bits per heavy atom. The number of amides is 1. The van der Waals surface area contributed by atoms with Gasteiger partial charge < -0.3 is 9.64 Å². The van der Waals surface area contributed by atoms with Crippen LogP contribution in [0.3, 0.4) is 0 Å². The molecule has 0 aromatic carbocycles. The minimum atomic E-state index is 0.116. The summed E-state index contributed by atoms with van der Waals surface area (Å²) in [5.41, 5.74) is 0.852. The van der Waals surface area contributed by atoms with Gasteiger partial charge >= 0.3 is 0 Å². The molecule has 2 bridgehead atoms. The first kappa shape index (κ1) is 16.4. The maximum Gasteiger partial charge on any atom is 0.268 e. The molecule has 4 heterocycles. The van der Waals surface area contributed by atoms with Gasteiger partial charge in [0.05, 0.1) is 11.9 Å². The van der Waals surface area contributed by atoms with E-state index in [-0.39, 0.29) is 24.1 Å². The third-order valence-electron chi connectivity index (χ3n) is 5.10. The molecule has 4 rings (SSSR count). The first-order valence-electron chi connectivity index (χ1n) is 8.96. The zero-order chi connectivity index (χ0) is 17.2. The van der Waals surface area contributed by atoms with Crippen molar-refractivity contribution in [2.45, 2.75) is 63.6 Å². The van der Waals surface area contributed by atoms with Crippen LogP contribution in [0.15, 0.2) is 24.5 Å². The minimum absolute atomic E-state index is 0.116. The van der Waals surface area contributed by atoms with Gasteiger partial charge in [0.15, 0.2) is 0 Å². The molecule has 0 aliphatic carbocycles. The summed E-state index contributed by atoms with van der Waals surface area (Å²) in [6, 6.07) is 4.33. The Labute approximate surface area is 151 Å². The average molecular weight is 358 g/mol. The molecule has 2 atom stereocenters. The van der Waals surface area contributed by atoms with Gasteiger partial charge in [-0.25, -0.2) is 0 Å². The van der Waals surface area contributed by atoms with Crippen LogP contribution >= 0.6 is 11.5 Å². The molecule has 2 aromatic rings. The minimum Gasteiger partial charge on any atom is -0.489 e. The molecule has 2 saturated heterocycles. The van der Waals surface area contributed by atoms with Crippen molar-refractivity contribution >= 4 is 17.4 Å². The number of piperidine rings is 1. The van der Waals surface area contributed by atoms with E-state index < -0.39 is 0 Å². The average Bonchev–Trinajstić information content (AvgIpc) is 3.18. The quantitative estimate of drug-likeness (QED) is 0.821. The molecule has 2 unspecified atom stereocenters. The maximum atomic E-state index is 13.1. The molecule has 2 fully saturated rings. The van der Waals surface area contributed by atoms with E-state index in [2.05, 4.69) is 26.4 Å². The number of fused-ring (bicyclic) bond motifs is 2. The lowest BCUT2D eigenvalue weighted by Crippen LogP contribution is -2.49. The monoisotopic (exact) mass is 358 g/mol. The van der Waals surface area contributed by atoms with E-state index in [0.717, 1.165) is 54.8 Å². The highest BCUT2D eigenvalue weighted by atomic mass is 32.1. The number of nitrogens with zero attached hydrogens (tertiary/aromatic N) is 4. The fourth-order valence-electron chi connectivity index (χ4n) is 4.05. The molecule has 2 aliphatic heterocycles. The maximum absolute atomic E-state index is 13.1. The second-order valence-corrected chi connectivity index (χ2v) is 7.55. The van der Waals surface area contributed by atoms with E-state index in [1.165, 1.54) is 11.5 Å². The predicted molar refractivity (Wildman–Crippen MR) is 94.8 cm³/mol. The molecule has 0 spiro atoms. The molecule has 0 radical (unpaired) electrons. The van der Waals surface area contributed by atoms with Crippen LogP contribution in [0.4, 0.5) is 0 Å². The number of pyridine rings is 1. The molecule has 2 aliphatic rings. The highest BCUT2D eigenvalue weighted by molar-refractivity contribution is 7.08. The second kappa shape index (κ2) is 7.07. The highest BCUT2D eigenvalue weighted by Gasteiger charge is 2.45.